The molecule has 7 nitrogen and oxygen atoms in total. The molecule has 34 heavy (non-hydrogen) atoms. The minimum Gasteiger partial charge on any atom is -0.506 e. The molecule has 0 radical (unpaired) electrons. The number of nitrogens with zero attached hydrogens (tertiary/aromatic N) is 2. The van der Waals surface area contributed by atoms with E-state index in [4.69, 9.17) is 9.47 Å². The number of fused-ring (bicyclic) bond motifs is 6. The molecule has 2 aromatic carbocycles. The van der Waals surface area contributed by atoms with Crippen LogP contribution in [0.25, 0.3) is 15.8 Å². The summed E-state index contributed by atoms with van der Waals surface area (Å²) in [5, 5.41) is 13.0. The van der Waals surface area contributed by atoms with E-state index in [9.17, 15) is 14.7 Å². The minimum absolute atomic E-state index is 0.0331. The lowest BCUT2D eigenvalue weighted by molar-refractivity contribution is -0.712. The number of hydrogen-bond donors (Lipinski definition) is 1. The molecule has 1 aromatic heterocycles. The van der Waals surface area contributed by atoms with Crippen molar-refractivity contribution in [2.45, 2.75) is 11.6 Å². The van der Waals surface area contributed by atoms with E-state index in [-0.39, 0.29) is 30.1 Å². The number of aliphatic hydroxyl groups is 1. The first-order valence-electron chi connectivity index (χ1n) is 10.7. The van der Waals surface area contributed by atoms with Crippen molar-refractivity contribution in [1.82, 2.24) is 0 Å². The van der Waals surface area contributed by atoms with Gasteiger partial charge in [0.25, 0.3) is 11.7 Å². The maximum Gasteiger partial charge on any atom is 0.271 e. The van der Waals surface area contributed by atoms with Crippen LogP contribution in [0.4, 0.5) is 5.69 Å². The summed E-state index contributed by atoms with van der Waals surface area (Å²) < 4.78 is 14.6. The van der Waals surface area contributed by atoms with E-state index in [1.165, 1.54) is 23.1 Å². The van der Waals surface area contributed by atoms with Crippen molar-refractivity contribution in [1.29, 1.82) is 0 Å². The normalized spacial score (nSPS) is 22.1. The third-order valence-electron chi connectivity index (χ3n) is 6.40. The van der Waals surface area contributed by atoms with Gasteiger partial charge in [-0.1, -0.05) is 47.4 Å². The summed E-state index contributed by atoms with van der Waals surface area (Å²) in [7, 11) is 0. The number of aromatic nitrogens is 1. The molecule has 7 rings (SSSR count). The van der Waals surface area contributed by atoms with Crippen molar-refractivity contribution in [2.24, 2.45) is 0 Å². The van der Waals surface area contributed by atoms with E-state index >= 15 is 0 Å². The molecule has 0 bridgehead atoms. The van der Waals surface area contributed by atoms with Crippen LogP contribution in [0.2, 0.25) is 0 Å². The molecule has 1 N–H and O–H groups in total. The minimum atomic E-state index is -0.706. The topological polar surface area (TPSA) is 80.0 Å². The van der Waals surface area contributed by atoms with Crippen LogP contribution >= 0.6 is 23.1 Å². The summed E-state index contributed by atoms with van der Waals surface area (Å²) >= 11 is 3.05. The lowest BCUT2D eigenvalue weighted by Gasteiger charge is -2.28. The van der Waals surface area contributed by atoms with Crippen LogP contribution in [-0.4, -0.2) is 36.6 Å². The zero-order valence-corrected chi connectivity index (χ0v) is 19.4. The highest BCUT2D eigenvalue weighted by atomic mass is 32.2. The van der Waals surface area contributed by atoms with Crippen molar-refractivity contribution in [2.75, 3.05) is 24.8 Å². The molecule has 4 heterocycles. The predicted octanol–water partition coefficient (Wildman–Crippen LogP) is 3.71. The maximum absolute atomic E-state index is 13.3. The van der Waals surface area contributed by atoms with Gasteiger partial charge in [-0.05, 0) is 18.2 Å². The summed E-state index contributed by atoms with van der Waals surface area (Å²) in [6, 6.07) is 15.8. The number of rotatable bonds is 1. The summed E-state index contributed by atoms with van der Waals surface area (Å²) in [5.74, 6) is -1.70. The lowest BCUT2D eigenvalue weighted by Crippen LogP contribution is -2.42. The number of aliphatic hydroxyl groups excluding tert-OH is 1. The standard InChI is InChI=1S/C25H16N2O5S2/c28-21-19(13-9-31-11-26-15-5-1-3-7-17(15)33-24(13)26)22(29)23(30)20(21)14-10-32-12-27-16-6-2-4-8-18(16)34-25(14)27/h1-8H,9-12H2/p+1. The molecule has 0 saturated carbocycles. The fourth-order valence-electron chi connectivity index (χ4n) is 4.86. The van der Waals surface area contributed by atoms with Crippen molar-refractivity contribution in [3.63, 3.8) is 0 Å². The number of benzene rings is 2. The molecule has 0 spiro atoms. The smallest absolute Gasteiger partial charge is 0.271 e. The van der Waals surface area contributed by atoms with Crippen molar-refractivity contribution in [3.05, 3.63) is 81.0 Å². The van der Waals surface area contributed by atoms with Gasteiger partial charge in [-0.15, -0.1) is 0 Å². The SMILES string of the molecule is O=C1C(=O)/C(=C2\COC[n+]3c2sc2ccccc23)C(O)=C1C1=C2Sc3ccccc3N2COC1. The Hall–Kier alpha value is -3.24. The van der Waals surface area contributed by atoms with Gasteiger partial charge in [0.05, 0.1) is 40.6 Å². The van der Waals surface area contributed by atoms with Crippen molar-refractivity contribution in [3.8, 4) is 0 Å². The van der Waals surface area contributed by atoms with E-state index < -0.39 is 11.6 Å². The number of carbonyl (C=O) groups excluding carboxylic acids is 2. The fourth-order valence-corrected chi connectivity index (χ4v) is 7.23. The number of allylic oxidation sites excluding steroid dienone is 1. The highest BCUT2D eigenvalue weighted by molar-refractivity contribution is 8.03. The molecule has 3 aliphatic heterocycles. The molecular weight excluding hydrogens is 472 g/mol. The van der Waals surface area contributed by atoms with Gasteiger partial charge in [0, 0.05) is 16.5 Å². The molecule has 1 aliphatic carbocycles. The van der Waals surface area contributed by atoms with Gasteiger partial charge >= 0.3 is 0 Å². The number of para-hydroxylation sites is 2. The van der Waals surface area contributed by atoms with Crippen LogP contribution in [0.1, 0.15) is 5.01 Å². The van der Waals surface area contributed by atoms with Crippen LogP contribution < -0.4 is 9.47 Å². The van der Waals surface area contributed by atoms with E-state index in [2.05, 4.69) is 0 Å². The highest BCUT2D eigenvalue weighted by Gasteiger charge is 2.45. The van der Waals surface area contributed by atoms with Crippen molar-refractivity contribution >= 4 is 56.1 Å². The second-order valence-corrected chi connectivity index (χ2v) is 10.3. The van der Waals surface area contributed by atoms with E-state index in [1.807, 2.05) is 58.0 Å². The first kappa shape index (κ1) is 20.2. The number of ketones is 2. The largest absolute Gasteiger partial charge is 0.506 e. The average Bonchev–Trinajstić information content (AvgIpc) is 3.49. The molecule has 0 fully saturated rings. The summed E-state index contributed by atoms with van der Waals surface area (Å²) in [5.41, 5.74) is 3.13. The monoisotopic (exact) mass is 489 g/mol. The highest BCUT2D eigenvalue weighted by Crippen LogP contribution is 2.50. The Morgan fingerprint density at radius 2 is 1.68 bits per heavy atom. The number of carbonyl (C=O) groups is 2. The zero-order chi connectivity index (χ0) is 23.0. The first-order chi connectivity index (χ1) is 16.6. The number of thioether (sulfide) groups is 1. The number of thiazole rings is 1. The molecule has 0 atom stereocenters. The van der Waals surface area contributed by atoms with Gasteiger partial charge in [-0.25, -0.2) is 0 Å². The number of Topliss-reactive ketones (excluding diaryl/α,β-unsaturated/α-hetero) is 2. The lowest BCUT2D eigenvalue weighted by atomic mass is 10.0. The van der Waals surface area contributed by atoms with Crippen LogP contribution in [0.3, 0.4) is 0 Å². The van der Waals surface area contributed by atoms with Gasteiger partial charge in [0.1, 0.15) is 17.2 Å². The Kier molecular flexibility index (Phi) is 4.38. The Morgan fingerprint density at radius 1 is 0.912 bits per heavy atom. The Balaban J connectivity index is 1.42. The molecule has 9 heteroatoms. The molecule has 0 unspecified atom stereocenters. The molecule has 0 saturated heterocycles. The molecule has 0 amide bonds. The second kappa shape index (κ2) is 7.38. The molecule has 168 valence electrons. The summed E-state index contributed by atoms with van der Waals surface area (Å²) in [4.78, 5) is 29.5. The average molecular weight is 490 g/mol. The Labute approximate surface area is 202 Å². The van der Waals surface area contributed by atoms with E-state index in [0.717, 1.165) is 30.8 Å². The molecule has 3 aromatic rings. The number of hydrogen-bond acceptors (Lipinski definition) is 8. The molecule has 4 aliphatic rings. The number of ether oxygens (including phenoxy) is 2. The van der Waals surface area contributed by atoms with Crippen LogP contribution in [0.5, 0.6) is 0 Å². The van der Waals surface area contributed by atoms with E-state index in [0.29, 0.717) is 24.6 Å². The van der Waals surface area contributed by atoms with Gasteiger partial charge < -0.3 is 19.5 Å². The number of anilines is 1. The van der Waals surface area contributed by atoms with Crippen LogP contribution in [0, 0.1) is 0 Å². The summed E-state index contributed by atoms with van der Waals surface area (Å²) in [6.07, 6.45) is 0. The zero-order valence-electron chi connectivity index (χ0n) is 17.7. The molecular formula is C25H17N2O5S2+. The van der Waals surface area contributed by atoms with E-state index in [1.54, 1.807) is 0 Å². The van der Waals surface area contributed by atoms with Crippen LogP contribution in [0.15, 0.2) is 80.9 Å². The Morgan fingerprint density at radius 3 is 2.59 bits per heavy atom. The van der Waals surface area contributed by atoms with Gasteiger partial charge in [-0.2, -0.15) is 4.57 Å². The van der Waals surface area contributed by atoms with Gasteiger partial charge in [0.2, 0.25) is 17.1 Å². The maximum atomic E-state index is 13.3. The predicted molar refractivity (Wildman–Crippen MR) is 127 cm³/mol. The fraction of sp³-hybridized carbons (Fsp3) is 0.160. The first-order valence-corrected chi connectivity index (χ1v) is 12.4. The van der Waals surface area contributed by atoms with Crippen LogP contribution in [-0.2, 0) is 25.8 Å². The van der Waals surface area contributed by atoms with Gasteiger partial charge in [0.15, 0.2) is 0 Å². The third-order valence-corrected chi connectivity index (χ3v) is 8.85. The quantitative estimate of drug-likeness (QED) is 0.317. The Bertz CT molecular complexity index is 1550. The summed E-state index contributed by atoms with van der Waals surface area (Å²) in [6.45, 7) is 0.992. The van der Waals surface area contributed by atoms with Crippen molar-refractivity contribution < 1.29 is 28.7 Å². The third kappa shape index (κ3) is 2.69. The second-order valence-electron chi connectivity index (χ2n) is 8.28. The van der Waals surface area contributed by atoms with Gasteiger partial charge in [-0.3, -0.25) is 9.59 Å².